The number of carbonyl (C=O) groups is 1. The summed E-state index contributed by atoms with van der Waals surface area (Å²) < 4.78 is 14.6. The second kappa shape index (κ2) is 7.16. The van der Waals surface area contributed by atoms with Gasteiger partial charge < -0.3 is 5.73 Å². The van der Waals surface area contributed by atoms with Crippen LogP contribution in [0.3, 0.4) is 0 Å². The molecular weight excluding hydrogens is 301 g/mol. The number of primary amides is 1. The molecule has 0 aromatic heterocycles. The van der Waals surface area contributed by atoms with Crippen molar-refractivity contribution in [3.05, 3.63) is 64.3 Å². The third kappa shape index (κ3) is 4.02. The third-order valence-electron chi connectivity index (χ3n) is 4.81. The van der Waals surface area contributed by atoms with Crippen molar-refractivity contribution >= 4 is 11.7 Å². The van der Waals surface area contributed by atoms with E-state index in [0.29, 0.717) is 16.7 Å². The monoisotopic (exact) mass is 327 g/mol. The van der Waals surface area contributed by atoms with Gasteiger partial charge in [0.2, 0.25) is 5.91 Å². The highest BCUT2D eigenvalue weighted by Gasteiger charge is 2.26. The molecule has 0 atom stereocenters. The molecule has 1 aliphatic rings. The fourth-order valence-corrected chi connectivity index (χ4v) is 3.30. The normalized spacial score (nSPS) is 18.7. The van der Waals surface area contributed by atoms with Gasteiger partial charge in [-0.2, -0.15) is 0 Å². The van der Waals surface area contributed by atoms with Gasteiger partial charge in [0.05, 0.1) is 0 Å². The molecule has 0 fully saturated rings. The number of hydrogen-bond donors (Lipinski definition) is 1. The average molecular weight is 327 g/mol. The summed E-state index contributed by atoms with van der Waals surface area (Å²) in [5.74, 6) is -0.793. The largest absolute Gasteiger partial charge is 0.366 e. The molecule has 1 aromatic carbocycles. The van der Waals surface area contributed by atoms with Crippen LogP contribution >= 0.6 is 0 Å². The van der Waals surface area contributed by atoms with Gasteiger partial charge in [0.15, 0.2) is 0 Å². The van der Waals surface area contributed by atoms with Crippen molar-refractivity contribution in [2.75, 3.05) is 0 Å². The lowest BCUT2D eigenvalue weighted by Crippen LogP contribution is -2.19. The summed E-state index contributed by atoms with van der Waals surface area (Å²) in [5.41, 5.74) is 9.45. The quantitative estimate of drug-likeness (QED) is 0.722. The Bertz CT molecular complexity index is 721. The van der Waals surface area contributed by atoms with Crippen molar-refractivity contribution in [2.45, 2.75) is 47.0 Å². The molecule has 0 saturated carbocycles. The fraction of sp³-hybridized carbons (Fsp3) is 0.381. The molecule has 1 amide bonds. The van der Waals surface area contributed by atoms with E-state index < -0.39 is 5.91 Å². The first-order valence-electron chi connectivity index (χ1n) is 8.37. The van der Waals surface area contributed by atoms with Crippen LogP contribution in [0.4, 0.5) is 4.39 Å². The first kappa shape index (κ1) is 18.2. The maximum atomic E-state index is 14.6. The van der Waals surface area contributed by atoms with Gasteiger partial charge in [-0.05, 0) is 61.8 Å². The number of nitrogens with two attached hydrogens (primary N) is 1. The van der Waals surface area contributed by atoms with E-state index in [1.165, 1.54) is 17.6 Å². The Hall–Kier alpha value is -2.16. The number of allylic oxidation sites excluding steroid dienone is 5. The molecule has 0 heterocycles. The van der Waals surface area contributed by atoms with Crippen molar-refractivity contribution in [3.63, 3.8) is 0 Å². The van der Waals surface area contributed by atoms with E-state index >= 15 is 0 Å². The number of halogens is 1. The highest BCUT2D eigenvalue weighted by Crippen LogP contribution is 2.41. The Balaban J connectivity index is 2.27. The minimum atomic E-state index is -0.510. The van der Waals surface area contributed by atoms with Crippen LogP contribution in [0.1, 0.15) is 62.9 Å². The number of benzene rings is 1. The van der Waals surface area contributed by atoms with Gasteiger partial charge >= 0.3 is 0 Å². The van der Waals surface area contributed by atoms with E-state index in [1.807, 2.05) is 6.08 Å². The minimum Gasteiger partial charge on any atom is -0.366 e. The number of hydrogen-bond acceptors (Lipinski definition) is 1. The van der Waals surface area contributed by atoms with Crippen molar-refractivity contribution in [1.82, 2.24) is 0 Å². The molecule has 0 unspecified atom stereocenters. The molecular formula is C21H26FNO. The van der Waals surface area contributed by atoms with Crippen molar-refractivity contribution in [1.29, 1.82) is 0 Å². The maximum absolute atomic E-state index is 14.6. The predicted molar refractivity (Wildman–Crippen MR) is 98.1 cm³/mol. The highest BCUT2D eigenvalue weighted by molar-refractivity contribution is 5.93. The molecule has 0 spiro atoms. The van der Waals surface area contributed by atoms with E-state index in [-0.39, 0.29) is 11.2 Å². The SMILES string of the molecule is CC(C=CC1=C(C)CCCC1(C)C)=C(F)c1ccc(C(N)=O)cc1. The van der Waals surface area contributed by atoms with E-state index in [1.54, 1.807) is 31.2 Å². The minimum absolute atomic E-state index is 0.138. The van der Waals surface area contributed by atoms with Gasteiger partial charge in [-0.1, -0.05) is 43.7 Å². The van der Waals surface area contributed by atoms with E-state index in [9.17, 15) is 9.18 Å². The van der Waals surface area contributed by atoms with Gasteiger partial charge in [0.25, 0.3) is 0 Å². The van der Waals surface area contributed by atoms with E-state index in [2.05, 4.69) is 26.8 Å². The molecule has 0 saturated heterocycles. The van der Waals surface area contributed by atoms with Crippen LogP contribution in [0, 0.1) is 5.41 Å². The summed E-state index contributed by atoms with van der Waals surface area (Å²) in [6.45, 7) is 8.42. The molecule has 128 valence electrons. The number of carbonyl (C=O) groups excluding carboxylic acids is 1. The molecule has 2 rings (SSSR count). The molecule has 0 aliphatic heterocycles. The van der Waals surface area contributed by atoms with Crippen LogP contribution < -0.4 is 5.73 Å². The van der Waals surface area contributed by atoms with Crippen LogP contribution in [0.15, 0.2) is 53.1 Å². The molecule has 0 radical (unpaired) electrons. The second-order valence-electron chi connectivity index (χ2n) is 7.20. The standard InChI is InChI=1S/C21H26FNO/c1-14-6-5-13-21(3,4)18(14)12-7-15(2)19(22)16-8-10-17(11-9-16)20(23)24/h7-12H,5-6,13H2,1-4H3,(H2,23,24). The lowest BCUT2D eigenvalue weighted by Gasteiger charge is -2.32. The summed E-state index contributed by atoms with van der Waals surface area (Å²) in [6, 6.07) is 6.26. The van der Waals surface area contributed by atoms with Crippen LogP contribution in [0.2, 0.25) is 0 Å². The van der Waals surface area contributed by atoms with E-state index in [4.69, 9.17) is 5.73 Å². The second-order valence-corrected chi connectivity index (χ2v) is 7.20. The van der Waals surface area contributed by atoms with Crippen LogP contribution in [-0.2, 0) is 0 Å². The Kier molecular flexibility index (Phi) is 5.43. The van der Waals surface area contributed by atoms with Gasteiger partial charge in [-0.25, -0.2) is 4.39 Å². The van der Waals surface area contributed by atoms with Crippen molar-refractivity contribution in [2.24, 2.45) is 11.1 Å². The van der Waals surface area contributed by atoms with Gasteiger partial charge in [0.1, 0.15) is 5.83 Å². The summed E-state index contributed by atoms with van der Waals surface area (Å²) >= 11 is 0. The van der Waals surface area contributed by atoms with Gasteiger partial charge in [0, 0.05) is 11.1 Å². The molecule has 1 aliphatic carbocycles. The first-order chi connectivity index (χ1) is 11.2. The summed E-state index contributed by atoms with van der Waals surface area (Å²) in [6.07, 6.45) is 7.39. The Labute approximate surface area is 143 Å². The lowest BCUT2D eigenvalue weighted by molar-refractivity contribution is 0.100. The van der Waals surface area contributed by atoms with Gasteiger partial charge in [-0.15, -0.1) is 0 Å². The highest BCUT2D eigenvalue weighted by atomic mass is 19.1. The zero-order chi connectivity index (χ0) is 17.9. The predicted octanol–water partition coefficient (Wildman–Crippen LogP) is 5.57. The lowest BCUT2D eigenvalue weighted by atomic mass is 9.72. The molecule has 2 nitrogen and oxygen atoms in total. The Morgan fingerprint density at radius 3 is 2.33 bits per heavy atom. The van der Waals surface area contributed by atoms with Gasteiger partial charge in [-0.3, -0.25) is 4.79 Å². The number of amides is 1. The van der Waals surface area contributed by atoms with Crippen LogP contribution in [-0.4, -0.2) is 5.91 Å². The first-order valence-corrected chi connectivity index (χ1v) is 8.37. The maximum Gasteiger partial charge on any atom is 0.248 e. The topological polar surface area (TPSA) is 43.1 Å². The summed E-state index contributed by atoms with van der Waals surface area (Å²) in [7, 11) is 0. The molecule has 24 heavy (non-hydrogen) atoms. The molecule has 2 N–H and O–H groups in total. The summed E-state index contributed by atoms with van der Waals surface area (Å²) in [5, 5.41) is 0. The zero-order valence-corrected chi connectivity index (χ0v) is 14.9. The smallest absolute Gasteiger partial charge is 0.248 e. The zero-order valence-electron chi connectivity index (χ0n) is 14.9. The number of rotatable bonds is 4. The molecule has 1 aromatic rings. The third-order valence-corrected chi connectivity index (χ3v) is 4.81. The molecule has 0 bridgehead atoms. The summed E-state index contributed by atoms with van der Waals surface area (Å²) in [4.78, 5) is 11.1. The van der Waals surface area contributed by atoms with Crippen LogP contribution in [0.5, 0.6) is 0 Å². The Morgan fingerprint density at radius 2 is 1.79 bits per heavy atom. The van der Waals surface area contributed by atoms with Crippen LogP contribution in [0.25, 0.3) is 5.83 Å². The van der Waals surface area contributed by atoms with Crippen molar-refractivity contribution < 1.29 is 9.18 Å². The average Bonchev–Trinajstić information content (AvgIpc) is 2.53. The molecule has 3 heteroatoms. The van der Waals surface area contributed by atoms with E-state index in [0.717, 1.165) is 12.8 Å². The fourth-order valence-electron chi connectivity index (χ4n) is 3.30. The van der Waals surface area contributed by atoms with Crippen molar-refractivity contribution in [3.8, 4) is 0 Å². The Morgan fingerprint density at radius 1 is 1.21 bits per heavy atom.